The van der Waals surface area contributed by atoms with E-state index >= 15 is 0 Å². The number of pyridine rings is 2. The number of fused-ring (bicyclic) bond motifs is 1. The van der Waals surface area contributed by atoms with Gasteiger partial charge in [0.2, 0.25) is 11.6 Å². The van der Waals surface area contributed by atoms with E-state index in [0.717, 1.165) is 17.1 Å². The Hall–Kier alpha value is -3.20. The van der Waals surface area contributed by atoms with Crippen LogP contribution in [0.25, 0.3) is 16.4 Å². The van der Waals surface area contributed by atoms with Crippen molar-refractivity contribution in [3.8, 4) is 11.6 Å². The first-order chi connectivity index (χ1) is 10.8. The minimum Gasteiger partial charge on any atom is -0.438 e. The first-order valence-corrected chi connectivity index (χ1v) is 6.82. The summed E-state index contributed by atoms with van der Waals surface area (Å²) in [7, 11) is 0. The fourth-order valence-electron chi connectivity index (χ4n) is 2.51. The second-order valence-corrected chi connectivity index (χ2v) is 4.92. The Bertz CT molecular complexity index is 842. The molecule has 6 nitrogen and oxygen atoms in total. The normalized spacial score (nSPS) is 13.0. The molecule has 6 heteroatoms. The van der Waals surface area contributed by atoms with Gasteiger partial charge in [0.1, 0.15) is 23.0 Å². The van der Waals surface area contributed by atoms with E-state index in [2.05, 4.69) is 19.8 Å². The van der Waals surface area contributed by atoms with E-state index in [1.165, 1.54) is 0 Å². The van der Waals surface area contributed by atoms with Crippen molar-refractivity contribution >= 4 is 11.5 Å². The molecule has 4 heterocycles. The first-order valence-electron chi connectivity index (χ1n) is 6.82. The predicted molar refractivity (Wildman–Crippen MR) is 80.1 cm³/mol. The molecule has 0 radical (unpaired) electrons. The zero-order chi connectivity index (χ0) is 14.9. The van der Waals surface area contributed by atoms with E-state index in [4.69, 9.17) is 11.0 Å². The molecule has 0 atom stereocenters. The van der Waals surface area contributed by atoms with E-state index in [-0.39, 0.29) is 0 Å². The maximum absolute atomic E-state index is 7.23. The lowest BCUT2D eigenvalue weighted by Crippen LogP contribution is -2.16. The molecule has 0 amide bonds. The maximum atomic E-state index is 7.23. The summed E-state index contributed by atoms with van der Waals surface area (Å²) < 4.78 is 5.82. The quantitative estimate of drug-likeness (QED) is 0.678. The number of nitrogens with zero attached hydrogens (tertiary/aromatic N) is 5. The molecule has 1 aliphatic rings. The SMILES string of the molecule is [C-]#[N+]c1cccnc1N1Cc2nc(-c3ccccn3)oc2C1. The summed E-state index contributed by atoms with van der Waals surface area (Å²) in [4.78, 5) is 18.6. The van der Waals surface area contributed by atoms with E-state index in [1.807, 2.05) is 23.1 Å². The molecule has 4 rings (SSSR count). The molecule has 0 aliphatic carbocycles. The molecule has 0 aromatic carbocycles. The van der Waals surface area contributed by atoms with Gasteiger partial charge < -0.3 is 9.32 Å². The highest BCUT2D eigenvalue weighted by atomic mass is 16.4. The Morgan fingerprint density at radius 1 is 1.09 bits per heavy atom. The van der Waals surface area contributed by atoms with Crippen LogP contribution in [0.1, 0.15) is 11.5 Å². The van der Waals surface area contributed by atoms with Gasteiger partial charge in [-0.2, -0.15) is 0 Å². The summed E-state index contributed by atoms with van der Waals surface area (Å²) in [6, 6.07) is 9.16. The fraction of sp³-hybridized carbons (Fsp3) is 0.125. The number of anilines is 1. The average Bonchev–Trinajstić information content (AvgIpc) is 3.14. The van der Waals surface area contributed by atoms with Gasteiger partial charge in [-0.15, -0.1) is 0 Å². The van der Waals surface area contributed by atoms with Crippen LogP contribution in [-0.2, 0) is 13.1 Å². The smallest absolute Gasteiger partial charge is 0.245 e. The lowest BCUT2D eigenvalue weighted by atomic mass is 10.3. The zero-order valence-corrected chi connectivity index (χ0v) is 11.6. The molecule has 0 unspecified atom stereocenters. The van der Waals surface area contributed by atoms with E-state index in [9.17, 15) is 0 Å². The van der Waals surface area contributed by atoms with Crippen LogP contribution in [-0.4, -0.2) is 15.0 Å². The van der Waals surface area contributed by atoms with Crippen molar-refractivity contribution in [2.24, 2.45) is 0 Å². The average molecular weight is 289 g/mol. The summed E-state index contributed by atoms with van der Waals surface area (Å²) in [5, 5.41) is 0. The highest BCUT2D eigenvalue weighted by Crippen LogP contribution is 2.34. The third kappa shape index (κ3) is 2.00. The van der Waals surface area contributed by atoms with E-state index in [1.54, 1.807) is 24.5 Å². The lowest BCUT2D eigenvalue weighted by molar-refractivity contribution is 0.520. The molecule has 106 valence electrons. The standard InChI is InChI=1S/C16H11N5O/c1-17-11-6-4-8-19-15(11)21-9-13-14(10-21)22-16(20-13)12-5-2-3-7-18-12/h2-8H,9-10H2. The summed E-state index contributed by atoms with van der Waals surface area (Å²) in [5.74, 6) is 2.02. The third-order valence-corrected chi connectivity index (χ3v) is 3.52. The first kappa shape index (κ1) is 12.5. The van der Waals surface area contributed by atoms with Crippen LogP contribution in [0.15, 0.2) is 47.1 Å². The van der Waals surface area contributed by atoms with Crippen LogP contribution >= 0.6 is 0 Å². The third-order valence-electron chi connectivity index (χ3n) is 3.52. The maximum Gasteiger partial charge on any atom is 0.245 e. The van der Waals surface area contributed by atoms with Crippen molar-refractivity contribution in [3.05, 3.63) is 65.6 Å². The Labute approximate surface area is 126 Å². The monoisotopic (exact) mass is 289 g/mol. The van der Waals surface area contributed by atoms with Gasteiger partial charge in [-0.1, -0.05) is 18.2 Å². The number of hydrogen-bond acceptors (Lipinski definition) is 5. The molecule has 0 saturated heterocycles. The van der Waals surface area contributed by atoms with Gasteiger partial charge in [0, 0.05) is 12.4 Å². The molecule has 22 heavy (non-hydrogen) atoms. The van der Waals surface area contributed by atoms with Crippen molar-refractivity contribution in [1.82, 2.24) is 15.0 Å². The largest absolute Gasteiger partial charge is 0.438 e. The van der Waals surface area contributed by atoms with Crippen LogP contribution in [0.3, 0.4) is 0 Å². The Morgan fingerprint density at radius 3 is 2.77 bits per heavy atom. The number of rotatable bonds is 2. The number of oxazole rings is 1. The minimum atomic E-state index is 0.539. The van der Waals surface area contributed by atoms with Gasteiger partial charge in [0.15, 0.2) is 0 Å². The van der Waals surface area contributed by atoms with Gasteiger partial charge in [0.25, 0.3) is 0 Å². The van der Waals surface area contributed by atoms with Gasteiger partial charge in [-0.05, 0) is 12.1 Å². The van der Waals surface area contributed by atoms with Gasteiger partial charge in [-0.25, -0.2) is 9.83 Å². The van der Waals surface area contributed by atoms with E-state index < -0.39 is 0 Å². The highest BCUT2D eigenvalue weighted by molar-refractivity contribution is 5.67. The van der Waals surface area contributed by atoms with Crippen LogP contribution in [0.5, 0.6) is 0 Å². The summed E-state index contributed by atoms with van der Waals surface area (Å²) in [6.45, 7) is 8.38. The Morgan fingerprint density at radius 2 is 2.00 bits per heavy atom. The van der Waals surface area contributed by atoms with Crippen LogP contribution in [0, 0.1) is 6.57 Å². The summed E-state index contributed by atoms with van der Waals surface area (Å²) in [5.41, 5.74) is 2.14. The molecule has 3 aromatic rings. The molecule has 0 saturated carbocycles. The van der Waals surface area contributed by atoms with Crippen LogP contribution in [0.4, 0.5) is 11.5 Å². The molecule has 3 aromatic heterocycles. The van der Waals surface area contributed by atoms with Crippen molar-refractivity contribution < 1.29 is 4.42 Å². The lowest BCUT2D eigenvalue weighted by Gasteiger charge is -2.17. The summed E-state index contributed by atoms with van der Waals surface area (Å²) >= 11 is 0. The molecular weight excluding hydrogens is 278 g/mol. The number of aromatic nitrogens is 3. The topological polar surface area (TPSA) is 59.4 Å². The van der Waals surface area contributed by atoms with Crippen molar-refractivity contribution in [2.45, 2.75) is 13.1 Å². The Balaban J connectivity index is 1.63. The van der Waals surface area contributed by atoms with Crippen molar-refractivity contribution in [2.75, 3.05) is 4.90 Å². The molecule has 0 N–H and O–H groups in total. The fourth-order valence-corrected chi connectivity index (χ4v) is 2.51. The highest BCUT2D eigenvalue weighted by Gasteiger charge is 2.28. The predicted octanol–water partition coefficient (Wildman–Crippen LogP) is 3.20. The molecular formula is C16H11N5O. The molecule has 1 aliphatic heterocycles. The van der Waals surface area contributed by atoms with E-state index in [0.29, 0.717) is 30.5 Å². The van der Waals surface area contributed by atoms with Crippen molar-refractivity contribution in [1.29, 1.82) is 0 Å². The van der Waals surface area contributed by atoms with Crippen LogP contribution in [0.2, 0.25) is 0 Å². The minimum absolute atomic E-state index is 0.539. The molecule has 0 spiro atoms. The number of hydrogen-bond donors (Lipinski definition) is 0. The second kappa shape index (κ2) is 4.97. The Kier molecular flexibility index (Phi) is 2.83. The van der Waals surface area contributed by atoms with Gasteiger partial charge in [0.05, 0.1) is 19.7 Å². The van der Waals surface area contributed by atoms with Crippen molar-refractivity contribution in [3.63, 3.8) is 0 Å². The van der Waals surface area contributed by atoms with Crippen LogP contribution < -0.4 is 4.90 Å². The molecule has 0 fully saturated rings. The second-order valence-electron chi connectivity index (χ2n) is 4.92. The molecule has 0 bridgehead atoms. The van der Waals surface area contributed by atoms with Gasteiger partial charge >= 0.3 is 0 Å². The van der Waals surface area contributed by atoms with Gasteiger partial charge in [-0.3, -0.25) is 9.97 Å². The zero-order valence-electron chi connectivity index (χ0n) is 11.6. The summed E-state index contributed by atoms with van der Waals surface area (Å²) in [6.07, 6.45) is 3.41.